The summed E-state index contributed by atoms with van der Waals surface area (Å²) < 4.78 is 21.1. The number of hydrogen-bond acceptors (Lipinski definition) is 7. The SMILES string of the molecule is COc1ccc(C2CC(c3ccc(Br)cc3)=NN2C(=O)CSc2nc3c(cnn3-c3ccc(F)cc3)c(=O)[nH]2)cc1. The summed E-state index contributed by atoms with van der Waals surface area (Å²) in [5.41, 5.74) is 3.14. The van der Waals surface area contributed by atoms with Crippen LogP contribution in [0.3, 0.4) is 0 Å². The summed E-state index contributed by atoms with van der Waals surface area (Å²) in [4.78, 5) is 33.6. The van der Waals surface area contributed by atoms with Crippen molar-refractivity contribution in [1.29, 1.82) is 0 Å². The Hall–Kier alpha value is -4.29. The van der Waals surface area contributed by atoms with Gasteiger partial charge in [-0.25, -0.2) is 19.1 Å². The molecule has 0 aliphatic carbocycles. The average molecular weight is 634 g/mol. The van der Waals surface area contributed by atoms with Gasteiger partial charge in [0, 0.05) is 10.9 Å². The molecule has 5 aromatic rings. The molecule has 1 aliphatic heterocycles. The number of thioether (sulfide) groups is 1. The molecule has 3 aromatic carbocycles. The maximum absolute atomic E-state index is 13.6. The van der Waals surface area contributed by atoms with Gasteiger partial charge in [-0.05, 0) is 59.7 Å². The third-order valence-electron chi connectivity index (χ3n) is 6.66. The van der Waals surface area contributed by atoms with Crippen LogP contribution in [0.1, 0.15) is 23.6 Å². The van der Waals surface area contributed by atoms with Gasteiger partial charge in [0.25, 0.3) is 11.5 Å². The molecule has 1 aliphatic rings. The lowest BCUT2D eigenvalue weighted by Crippen LogP contribution is -2.28. The van der Waals surface area contributed by atoms with E-state index in [0.717, 1.165) is 38.8 Å². The highest BCUT2D eigenvalue weighted by Gasteiger charge is 2.33. The Bertz CT molecular complexity index is 1820. The van der Waals surface area contributed by atoms with Gasteiger partial charge in [0.1, 0.15) is 17.0 Å². The molecule has 12 heteroatoms. The lowest BCUT2D eigenvalue weighted by Gasteiger charge is -2.22. The van der Waals surface area contributed by atoms with E-state index in [2.05, 4.69) is 31.0 Å². The molecule has 206 valence electrons. The predicted molar refractivity (Wildman–Crippen MR) is 158 cm³/mol. The monoisotopic (exact) mass is 632 g/mol. The molecule has 41 heavy (non-hydrogen) atoms. The number of fused-ring (bicyclic) bond motifs is 1. The number of halogens is 2. The van der Waals surface area contributed by atoms with E-state index in [1.54, 1.807) is 19.2 Å². The van der Waals surface area contributed by atoms with Gasteiger partial charge in [0.15, 0.2) is 10.8 Å². The third-order valence-corrected chi connectivity index (χ3v) is 8.05. The van der Waals surface area contributed by atoms with Gasteiger partial charge in [-0.15, -0.1) is 0 Å². The highest BCUT2D eigenvalue weighted by atomic mass is 79.9. The zero-order valence-corrected chi connectivity index (χ0v) is 24.0. The number of aromatic amines is 1. The largest absolute Gasteiger partial charge is 0.497 e. The molecule has 0 saturated carbocycles. The average Bonchev–Trinajstić information content (AvgIpc) is 3.63. The molecule has 1 amide bonds. The van der Waals surface area contributed by atoms with Crippen LogP contribution in [-0.4, -0.2) is 49.2 Å². The Morgan fingerprint density at radius 1 is 1.10 bits per heavy atom. The third kappa shape index (κ3) is 5.52. The second-order valence-corrected chi connectivity index (χ2v) is 11.1. The van der Waals surface area contributed by atoms with Gasteiger partial charge in [0.2, 0.25) is 0 Å². The van der Waals surface area contributed by atoms with E-state index in [9.17, 15) is 14.0 Å². The Kier molecular flexibility index (Phi) is 7.41. The number of nitrogens with one attached hydrogen (secondary N) is 1. The lowest BCUT2D eigenvalue weighted by atomic mass is 9.98. The van der Waals surface area contributed by atoms with E-state index >= 15 is 0 Å². The summed E-state index contributed by atoms with van der Waals surface area (Å²) in [5, 5.41) is 11.0. The minimum atomic E-state index is -0.383. The summed E-state index contributed by atoms with van der Waals surface area (Å²) in [6.45, 7) is 0. The molecule has 9 nitrogen and oxygen atoms in total. The number of carbonyl (C=O) groups excluding carboxylic acids is 1. The fraction of sp³-hybridized carbons (Fsp3) is 0.138. The minimum absolute atomic E-state index is 0.0110. The highest BCUT2D eigenvalue weighted by Crippen LogP contribution is 2.34. The number of hydrogen-bond donors (Lipinski definition) is 1. The smallest absolute Gasteiger partial charge is 0.262 e. The second-order valence-electron chi connectivity index (χ2n) is 9.21. The van der Waals surface area contributed by atoms with E-state index in [4.69, 9.17) is 9.84 Å². The van der Waals surface area contributed by atoms with Crippen molar-refractivity contribution < 1.29 is 13.9 Å². The number of rotatable bonds is 7. The number of aromatic nitrogens is 4. The first-order valence-electron chi connectivity index (χ1n) is 12.6. The van der Waals surface area contributed by atoms with Crippen LogP contribution in [0.25, 0.3) is 16.7 Å². The van der Waals surface area contributed by atoms with Gasteiger partial charge >= 0.3 is 0 Å². The van der Waals surface area contributed by atoms with E-state index < -0.39 is 0 Å². The maximum atomic E-state index is 13.6. The number of benzene rings is 3. The first-order valence-corrected chi connectivity index (χ1v) is 14.3. The molecule has 1 atom stereocenters. The van der Waals surface area contributed by atoms with Crippen molar-refractivity contribution in [3.05, 3.63) is 111 Å². The Labute approximate surface area is 246 Å². The number of carbonyl (C=O) groups is 1. The first-order chi connectivity index (χ1) is 19.9. The number of H-pyrrole nitrogens is 1. The summed E-state index contributed by atoms with van der Waals surface area (Å²) in [6.07, 6.45) is 1.95. The van der Waals surface area contributed by atoms with Gasteiger partial charge in [-0.1, -0.05) is 52.0 Å². The molecule has 3 heterocycles. The zero-order valence-electron chi connectivity index (χ0n) is 21.6. The van der Waals surface area contributed by atoms with Crippen LogP contribution in [0.2, 0.25) is 0 Å². The first kappa shape index (κ1) is 26.9. The molecule has 0 saturated heterocycles. The van der Waals surface area contributed by atoms with Gasteiger partial charge in [-0.3, -0.25) is 9.59 Å². The molecule has 1 N–H and O–H groups in total. The Morgan fingerprint density at radius 3 is 2.54 bits per heavy atom. The van der Waals surface area contributed by atoms with E-state index in [1.807, 2.05) is 48.5 Å². The molecule has 2 aromatic heterocycles. The minimum Gasteiger partial charge on any atom is -0.497 e. The predicted octanol–water partition coefficient (Wildman–Crippen LogP) is 5.49. The van der Waals surface area contributed by atoms with Crippen LogP contribution in [0, 0.1) is 5.82 Å². The van der Waals surface area contributed by atoms with Crippen LogP contribution in [0.4, 0.5) is 4.39 Å². The van der Waals surface area contributed by atoms with Crippen molar-refractivity contribution in [2.75, 3.05) is 12.9 Å². The molecule has 0 radical (unpaired) electrons. The molecule has 0 spiro atoms. The number of nitrogens with zero attached hydrogens (tertiary/aromatic N) is 5. The van der Waals surface area contributed by atoms with E-state index in [-0.39, 0.29) is 39.6 Å². The van der Waals surface area contributed by atoms with Gasteiger partial charge in [-0.2, -0.15) is 10.2 Å². The summed E-state index contributed by atoms with van der Waals surface area (Å²) in [7, 11) is 1.61. The lowest BCUT2D eigenvalue weighted by molar-refractivity contribution is -0.130. The van der Waals surface area contributed by atoms with E-state index in [0.29, 0.717) is 17.8 Å². The fourth-order valence-electron chi connectivity index (χ4n) is 4.58. The maximum Gasteiger partial charge on any atom is 0.262 e. The van der Waals surface area contributed by atoms with Crippen molar-refractivity contribution in [2.45, 2.75) is 17.6 Å². The number of ether oxygens (including phenoxy) is 1. The van der Waals surface area contributed by atoms with Crippen molar-refractivity contribution in [3.63, 3.8) is 0 Å². The molecular formula is C29H22BrFN6O3S. The fourth-order valence-corrected chi connectivity index (χ4v) is 5.55. The van der Waals surface area contributed by atoms with Gasteiger partial charge < -0.3 is 9.72 Å². The Morgan fingerprint density at radius 2 is 1.83 bits per heavy atom. The van der Waals surface area contributed by atoms with Gasteiger partial charge in [0.05, 0.1) is 36.5 Å². The summed E-state index contributed by atoms with van der Waals surface area (Å²) in [6, 6.07) is 20.8. The summed E-state index contributed by atoms with van der Waals surface area (Å²) in [5.74, 6) is 0.0898. The topological polar surface area (TPSA) is 105 Å². The van der Waals surface area contributed by atoms with Crippen molar-refractivity contribution in [3.8, 4) is 11.4 Å². The van der Waals surface area contributed by atoms with Crippen LogP contribution >= 0.6 is 27.7 Å². The zero-order chi connectivity index (χ0) is 28.5. The quantitative estimate of drug-likeness (QED) is 0.188. The second kappa shape index (κ2) is 11.3. The van der Waals surface area contributed by atoms with Crippen LogP contribution in [-0.2, 0) is 4.79 Å². The summed E-state index contributed by atoms with van der Waals surface area (Å²) >= 11 is 4.56. The normalized spacial score (nSPS) is 14.9. The molecular weight excluding hydrogens is 611 g/mol. The molecule has 0 fully saturated rings. The number of amides is 1. The molecule has 1 unspecified atom stereocenters. The van der Waals surface area contributed by atoms with Crippen LogP contribution in [0.15, 0.2) is 98.5 Å². The number of methoxy groups -OCH3 is 1. The highest BCUT2D eigenvalue weighted by molar-refractivity contribution is 9.10. The Balaban J connectivity index is 1.27. The van der Waals surface area contributed by atoms with Crippen LogP contribution in [0.5, 0.6) is 5.75 Å². The molecule has 0 bridgehead atoms. The van der Waals surface area contributed by atoms with Crippen molar-refractivity contribution >= 4 is 50.3 Å². The number of hydrazone groups is 1. The van der Waals surface area contributed by atoms with E-state index in [1.165, 1.54) is 28.0 Å². The van der Waals surface area contributed by atoms with Crippen molar-refractivity contribution in [2.24, 2.45) is 5.10 Å². The standard InChI is InChI=1S/C29H22BrFN6O3S/c1-40-22-12-4-18(5-13-22)25-14-24(17-2-6-19(30)7-3-17)35-37(25)26(38)16-41-29-33-27-23(28(39)34-29)15-32-36(27)21-10-8-20(31)9-11-21/h2-13,15,25H,14,16H2,1H3,(H,33,34,39). The molecule has 6 rings (SSSR count). The van der Waals surface area contributed by atoms with Crippen LogP contribution < -0.4 is 10.3 Å². The van der Waals surface area contributed by atoms with Crippen molar-refractivity contribution in [1.82, 2.24) is 24.8 Å².